The SMILES string of the molecule is CCNC1CC(c2ccc(F)c(Cl)c2)C1C. The number of hydrogen-bond donors (Lipinski definition) is 1. The fraction of sp³-hybridized carbons (Fsp3) is 0.538. The van der Waals surface area contributed by atoms with Crippen molar-refractivity contribution in [1.82, 2.24) is 5.32 Å². The molecule has 1 fully saturated rings. The molecule has 16 heavy (non-hydrogen) atoms. The normalized spacial score (nSPS) is 28.9. The summed E-state index contributed by atoms with van der Waals surface area (Å²) in [5.41, 5.74) is 1.16. The van der Waals surface area contributed by atoms with Crippen molar-refractivity contribution < 1.29 is 4.39 Å². The van der Waals surface area contributed by atoms with Crippen LogP contribution >= 0.6 is 11.6 Å². The molecule has 3 unspecified atom stereocenters. The summed E-state index contributed by atoms with van der Waals surface area (Å²) < 4.78 is 13.0. The lowest BCUT2D eigenvalue weighted by Gasteiger charge is -2.43. The molecule has 1 nitrogen and oxygen atoms in total. The molecule has 1 N–H and O–H groups in total. The minimum atomic E-state index is -0.333. The van der Waals surface area contributed by atoms with Crippen molar-refractivity contribution in [1.29, 1.82) is 0 Å². The van der Waals surface area contributed by atoms with Gasteiger partial charge in [0.2, 0.25) is 0 Å². The van der Waals surface area contributed by atoms with Gasteiger partial charge in [0.25, 0.3) is 0 Å². The van der Waals surface area contributed by atoms with Crippen LogP contribution in [0.5, 0.6) is 0 Å². The molecule has 88 valence electrons. The van der Waals surface area contributed by atoms with Gasteiger partial charge in [0.1, 0.15) is 5.82 Å². The maximum atomic E-state index is 13.0. The minimum Gasteiger partial charge on any atom is -0.314 e. The van der Waals surface area contributed by atoms with Crippen LogP contribution in [0, 0.1) is 11.7 Å². The highest BCUT2D eigenvalue weighted by molar-refractivity contribution is 6.30. The van der Waals surface area contributed by atoms with Gasteiger partial charge in [-0.25, -0.2) is 4.39 Å². The Morgan fingerprint density at radius 2 is 2.25 bits per heavy atom. The van der Waals surface area contributed by atoms with E-state index in [4.69, 9.17) is 11.6 Å². The molecule has 1 aliphatic carbocycles. The molecule has 0 heterocycles. The predicted molar refractivity (Wildman–Crippen MR) is 65.4 cm³/mol. The van der Waals surface area contributed by atoms with E-state index in [2.05, 4.69) is 19.2 Å². The van der Waals surface area contributed by atoms with Crippen molar-refractivity contribution in [2.24, 2.45) is 5.92 Å². The number of halogens is 2. The van der Waals surface area contributed by atoms with Crippen molar-refractivity contribution >= 4 is 11.6 Å². The largest absolute Gasteiger partial charge is 0.314 e. The maximum Gasteiger partial charge on any atom is 0.141 e. The van der Waals surface area contributed by atoms with Crippen molar-refractivity contribution in [2.75, 3.05) is 6.54 Å². The van der Waals surface area contributed by atoms with Crippen LogP contribution in [-0.4, -0.2) is 12.6 Å². The maximum absolute atomic E-state index is 13.0. The first-order valence-electron chi connectivity index (χ1n) is 5.81. The molecular weight excluding hydrogens is 225 g/mol. The molecule has 1 aliphatic rings. The zero-order valence-electron chi connectivity index (χ0n) is 9.63. The van der Waals surface area contributed by atoms with Crippen LogP contribution in [0.4, 0.5) is 4.39 Å². The molecule has 1 aromatic carbocycles. The summed E-state index contributed by atoms with van der Waals surface area (Å²) in [4.78, 5) is 0. The summed E-state index contributed by atoms with van der Waals surface area (Å²) in [6.45, 7) is 5.36. The van der Waals surface area contributed by atoms with E-state index in [9.17, 15) is 4.39 Å². The molecular formula is C13H17ClFN. The summed E-state index contributed by atoms with van der Waals surface area (Å²) >= 11 is 5.79. The third-order valence-corrected chi connectivity index (χ3v) is 3.90. The van der Waals surface area contributed by atoms with Crippen LogP contribution in [0.25, 0.3) is 0 Å². The van der Waals surface area contributed by atoms with Crippen molar-refractivity contribution in [2.45, 2.75) is 32.2 Å². The fourth-order valence-electron chi connectivity index (χ4n) is 2.50. The molecule has 3 heteroatoms. The summed E-state index contributed by atoms with van der Waals surface area (Å²) in [6, 6.07) is 5.68. The Morgan fingerprint density at radius 3 is 2.81 bits per heavy atom. The monoisotopic (exact) mass is 241 g/mol. The lowest BCUT2D eigenvalue weighted by Crippen LogP contribution is -2.47. The second kappa shape index (κ2) is 4.72. The van der Waals surface area contributed by atoms with Crippen LogP contribution in [0.1, 0.15) is 31.7 Å². The standard InChI is InChI=1S/C13H17ClFN/c1-3-16-13-7-10(8(13)2)9-4-5-12(15)11(14)6-9/h4-6,8,10,13,16H,3,7H2,1-2H3. The Kier molecular flexibility index (Phi) is 3.50. The first kappa shape index (κ1) is 11.9. The van der Waals surface area contributed by atoms with E-state index in [0.29, 0.717) is 17.9 Å². The van der Waals surface area contributed by atoms with Gasteiger partial charge < -0.3 is 5.32 Å². The molecule has 0 saturated heterocycles. The van der Waals surface area contributed by atoms with Crippen molar-refractivity contribution in [3.63, 3.8) is 0 Å². The average Bonchev–Trinajstić information content (AvgIpc) is 2.27. The zero-order chi connectivity index (χ0) is 11.7. The van der Waals surface area contributed by atoms with E-state index < -0.39 is 0 Å². The van der Waals surface area contributed by atoms with Gasteiger partial charge in [0, 0.05) is 6.04 Å². The van der Waals surface area contributed by atoms with Crippen LogP contribution < -0.4 is 5.32 Å². The highest BCUT2D eigenvalue weighted by Crippen LogP contribution is 2.43. The zero-order valence-corrected chi connectivity index (χ0v) is 10.4. The third kappa shape index (κ3) is 2.09. The molecule has 0 radical (unpaired) electrons. The van der Waals surface area contributed by atoms with Crippen molar-refractivity contribution in [3.05, 3.63) is 34.6 Å². The Morgan fingerprint density at radius 1 is 1.50 bits per heavy atom. The molecule has 0 bridgehead atoms. The second-order valence-corrected chi connectivity index (χ2v) is 4.95. The van der Waals surface area contributed by atoms with E-state index in [1.54, 1.807) is 6.07 Å². The molecule has 1 saturated carbocycles. The van der Waals surface area contributed by atoms with Crippen LogP contribution in [0.15, 0.2) is 18.2 Å². The van der Waals surface area contributed by atoms with Gasteiger partial charge in [0.05, 0.1) is 5.02 Å². The summed E-state index contributed by atoms with van der Waals surface area (Å²) in [6.07, 6.45) is 1.12. The molecule has 0 aliphatic heterocycles. The van der Waals surface area contributed by atoms with Gasteiger partial charge in [-0.3, -0.25) is 0 Å². The number of hydrogen-bond acceptors (Lipinski definition) is 1. The average molecular weight is 242 g/mol. The van der Waals surface area contributed by atoms with E-state index in [1.807, 2.05) is 6.07 Å². The first-order valence-corrected chi connectivity index (χ1v) is 6.19. The third-order valence-electron chi connectivity index (χ3n) is 3.62. The van der Waals surface area contributed by atoms with E-state index in [-0.39, 0.29) is 10.8 Å². The van der Waals surface area contributed by atoms with Gasteiger partial charge >= 0.3 is 0 Å². The Hall–Kier alpha value is -0.600. The fourth-order valence-corrected chi connectivity index (χ4v) is 2.69. The molecule has 2 rings (SSSR count). The van der Waals surface area contributed by atoms with Crippen LogP contribution in [0.2, 0.25) is 5.02 Å². The Labute approximate surface area is 101 Å². The quantitative estimate of drug-likeness (QED) is 0.853. The highest BCUT2D eigenvalue weighted by atomic mass is 35.5. The van der Waals surface area contributed by atoms with E-state index in [0.717, 1.165) is 18.5 Å². The summed E-state index contributed by atoms with van der Waals surface area (Å²) in [7, 11) is 0. The first-order chi connectivity index (χ1) is 7.63. The Balaban J connectivity index is 2.07. The van der Waals surface area contributed by atoms with Gasteiger partial charge in [-0.15, -0.1) is 0 Å². The van der Waals surface area contributed by atoms with E-state index >= 15 is 0 Å². The molecule has 0 amide bonds. The molecule has 3 atom stereocenters. The van der Waals surface area contributed by atoms with Gasteiger partial charge in [-0.05, 0) is 42.5 Å². The van der Waals surface area contributed by atoms with E-state index in [1.165, 1.54) is 6.07 Å². The summed E-state index contributed by atoms with van der Waals surface area (Å²) in [5.74, 6) is 0.782. The second-order valence-electron chi connectivity index (χ2n) is 4.54. The van der Waals surface area contributed by atoms with Crippen molar-refractivity contribution in [3.8, 4) is 0 Å². The number of nitrogens with one attached hydrogen (secondary N) is 1. The minimum absolute atomic E-state index is 0.233. The molecule has 0 aromatic heterocycles. The summed E-state index contributed by atoms with van der Waals surface area (Å²) in [5, 5.41) is 3.68. The van der Waals surface area contributed by atoms with Gasteiger partial charge in [-0.1, -0.05) is 31.5 Å². The predicted octanol–water partition coefficient (Wildman–Crippen LogP) is 3.58. The van der Waals surface area contributed by atoms with Gasteiger partial charge in [0.15, 0.2) is 0 Å². The lowest BCUT2D eigenvalue weighted by molar-refractivity contribution is 0.187. The highest BCUT2D eigenvalue weighted by Gasteiger charge is 2.37. The topological polar surface area (TPSA) is 12.0 Å². The van der Waals surface area contributed by atoms with Gasteiger partial charge in [-0.2, -0.15) is 0 Å². The molecule has 1 aromatic rings. The lowest BCUT2D eigenvalue weighted by atomic mass is 9.67. The Bertz CT molecular complexity index is 380. The van der Waals surface area contributed by atoms with Crippen LogP contribution in [-0.2, 0) is 0 Å². The smallest absolute Gasteiger partial charge is 0.141 e. The number of rotatable bonds is 3. The molecule has 0 spiro atoms. The van der Waals surface area contributed by atoms with Crippen LogP contribution in [0.3, 0.4) is 0 Å². The number of benzene rings is 1.